The lowest BCUT2D eigenvalue weighted by Gasteiger charge is -2.55. The molecule has 1 saturated carbocycles. The number of rotatable bonds is 3. The van der Waals surface area contributed by atoms with Crippen molar-refractivity contribution in [3.05, 3.63) is 71.1 Å². The van der Waals surface area contributed by atoms with Crippen molar-refractivity contribution in [1.29, 1.82) is 0 Å². The Hall–Kier alpha value is -2.45. The fourth-order valence-corrected chi connectivity index (χ4v) is 8.48. The Labute approximate surface area is 221 Å². The van der Waals surface area contributed by atoms with Gasteiger partial charge in [-0.3, -0.25) is 4.98 Å². The lowest BCUT2D eigenvalue weighted by atomic mass is 9.58. The summed E-state index contributed by atoms with van der Waals surface area (Å²) < 4.78 is 34.7. The van der Waals surface area contributed by atoms with Gasteiger partial charge in [0.05, 0.1) is 17.3 Å². The zero-order valence-electron chi connectivity index (χ0n) is 22.0. The SMILES string of the molecule is CN(C)[C@H]1C[C@@]23CC[C@@]4(O2)C(=CC[C@]2(C)C(c5ccc6ccnc(C(F)F)c6c5)=CC[C@H]24)C=C3[C@@H](O)[C@@H]1O. The summed E-state index contributed by atoms with van der Waals surface area (Å²) in [5.74, 6) is 0.197. The van der Waals surface area contributed by atoms with Crippen LogP contribution in [0.3, 0.4) is 0 Å². The number of aliphatic hydroxyl groups excluding tert-OH is 2. The van der Waals surface area contributed by atoms with E-state index in [-0.39, 0.29) is 23.1 Å². The normalized spacial score (nSPS) is 39.6. The first-order valence-electron chi connectivity index (χ1n) is 13.6. The summed E-state index contributed by atoms with van der Waals surface area (Å²) in [5, 5.41) is 23.3. The largest absolute Gasteiger partial charge is 0.388 e. The van der Waals surface area contributed by atoms with Crippen molar-refractivity contribution in [2.24, 2.45) is 11.3 Å². The summed E-state index contributed by atoms with van der Waals surface area (Å²) in [6, 6.07) is 7.44. The van der Waals surface area contributed by atoms with Crippen molar-refractivity contribution < 1.29 is 23.7 Å². The number of ether oxygens (including phenoxy) is 1. The van der Waals surface area contributed by atoms with Gasteiger partial charge in [0, 0.05) is 29.0 Å². The molecule has 7 heteroatoms. The number of fused-ring (bicyclic) bond motifs is 2. The van der Waals surface area contributed by atoms with Crippen molar-refractivity contribution in [3.8, 4) is 0 Å². The average Bonchev–Trinajstić information content (AvgIpc) is 3.41. The number of allylic oxidation sites excluding steroid dienone is 3. The summed E-state index contributed by atoms with van der Waals surface area (Å²) in [6.07, 6.45) is 7.64. The molecule has 1 aromatic carbocycles. The molecule has 7 atom stereocenters. The van der Waals surface area contributed by atoms with Crippen LogP contribution in [0, 0.1) is 11.3 Å². The van der Waals surface area contributed by atoms with E-state index in [4.69, 9.17) is 4.74 Å². The molecule has 3 heterocycles. The Morgan fingerprint density at radius 1 is 1.13 bits per heavy atom. The number of likely N-dealkylation sites (N-methyl/N-ethyl adjacent to an activating group) is 1. The van der Waals surface area contributed by atoms with Crippen molar-refractivity contribution in [1.82, 2.24) is 9.88 Å². The van der Waals surface area contributed by atoms with Gasteiger partial charge in [-0.15, -0.1) is 0 Å². The van der Waals surface area contributed by atoms with Gasteiger partial charge in [-0.05, 0) is 86.0 Å². The van der Waals surface area contributed by atoms with Crippen LogP contribution in [-0.2, 0) is 4.74 Å². The fraction of sp³-hybridized carbons (Fsp3) is 0.516. The summed E-state index contributed by atoms with van der Waals surface area (Å²) >= 11 is 0. The van der Waals surface area contributed by atoms with E-state index in [1.807, 2.05) is 37.2 Å². The summed E-state index contributed by atoms with van der Waals surface area (Å²) in [5.41, 5.74) is 2.67. The Balaban J connectivity index is 1.29. The van der Waals surface area contributed by atoms with Crippen LogP contribution < -0.4 is 0 Å². The maximum atomic E-state index is 13.8. The predicted octanol–water partition coefficient (Wildman–Crippen LogP) is 5.20. The first-order chi connectivity index (χ1) is 18.1. The first-order valence-corrected chi connectivity index (χ1v) is 13.6. The van der Waals surface area contributed by atoms with Crippen LogP contribution in [0.4, 0.5) is 8.78 Å². The fourth-order valence-electron chi connectivity index (χ4n) is 8.48. The highest BCUT2D eigenvalue weighted by atomic mass is 19.3. The molecule has 38 heavy (non-hydrogen) atoms. The molecule has 0 radical (unpaired) electrons. The number of halogens is 2. The third kappa shape index (κ3) is 3.07. The Bertz CT molecular complexity index is 1430. The smallest absolute Gasteiger partial charge is 0.280 e. The molecule has 5 aliphatic rings. The molecule has 200 valence electrons. The van der Waals surface area contributed by atoms with Crippen molar-refractivity contribution in [3.63, 3.8) is 0 Å². The van der Waals surface area contributed by atoms with E-state index in [1.54, 1.807) is 6.07 Å². The lowest BCUT2D eigenvalue weighted by Crippen LogP contribution is -2.61. The van der Waals surface area contributed by atoms with Crippen molar-refractivity contribution >= 4 is 16.3 Å². The number of nitrogens with zero attached hydrogens (tertiary/aromatic N) is 2. The van der Waals surface area contributed by atoms with Gasteiger partial charge in [0.15, 0.2) is 0 Å². The molecular formula is C31H34F2N2O3. The number of pyridine rings is 1. The topological polar surface area (TPSA) is 65.8 Å². The Morgan fingerprint density at radius 2 is 1.95 bits per heavy atom. The monoisotopic (exact) mass is 520 g/mol. The van der Waals surface area contributed by atoms with E-state index in [9.17, 15) is 19.0 Å². The van der Waals surface area contributed by atoms with Crippen LogP contribution in [0.5, 0.6) is 0 Å². The van der Waals surface area contributed by atoms with Crippen LogP contribution in [-0.4, -0.2) is 63.6 Å². The zero-order valence-corrected chi connectivity index (χ0v) is 22.0. The van der Waals surface area contributed by atoms with Crippen LogP contribution in [0.1, 0.15) is 56.7 Å². The molecule has 2 aliphatic heterocycles. The Kier molecular flexibility index (Phi) is 5.20. The maximum Gasteiger partial charge on any atom is 0.280 e. The molecule has 3 aliphatic carbocycles. The molecular weight excluding hydrogens is 486 g/mol. The quantitative estimate of drug-likeness (QED) is 0.583. The minimum atomic E-state index is -2.63. The summed E-state index contributed by atoms with van der Waals surface area (Å²) in [4.78, 5) is 5.96. The van der Waals surface area contributed by atoms with Gasteiger partial charge in [0.25, 0.3) is 6.43 Å². The third-order valence-electron chi connectivity index (χ3n) is 10.4. The van der Waals surface area contributed by atoms with Gasteiger partial charge in [0.2, 0.25) is 0 Å². The number of hydrogen-bond acceptors (Lipinski definition) is 5. The standard InChI is InChI=1S/C31H34F2N2O3/c1-29-10-8-19-15-22-26(36)27(37)23(35(2)3)16-30(22)11-12-31(19,38-30)24(29)7-6-21(29)18-5-4-17-9-13-34-25(28(32)33)20(17)14-18/h4-6,8-9,13-15,23-24,26-28,36-37H,7,10-12,16H2,1-3H3/t23-,24+,26+,27+,29+,30+,31+/m0/s1. The van der Waals surface area contributed by atoms with Crippen LogP contribution in [0.2, 0.25) is 0 Å². The second-order valence-corrected chi connectivity index (χ2v) is 12.4. The zero-order chi connectivity index (χ0) is 26.6. The molecule has 0 amide bonds. The van der Waals surface area contributed by atoms with Crippen molar-refractivity contribution in [2.75, 3.05) is 14.1 Å². The van der Waals surface area contributed by atoms with E-state index in [0.717, 1.165) is 47.8 Å². The van der Waals surface area contributed by atoms with E-state index in [2.05, 4.69) is 30.1 Å². The molecule has 7 rings (SSSR count). The van der Waals surface area contributed by atoms with Crippen LogP contribution >= 0.6 is 0 Å². The minimum absolute atomic E-state index is 0.173. The lowest BCUT2D eigenvalue weighted by molar-refractivity contribution is -0.161. The Morgan fingerprint density at radius 3 is 2.71 bits per heavy atom. The molecule has 2 N–H and O–H groups in total. The van der Waals surface area contributed by atoms with E-state index >= 15 is 0 Å². The van der Waals surface area contributed by atoms with Gasteiger partial charge >= 0.3 is 0 Å². The van der Waals surface area contributed by atoms with E-state index in [1.165, 1.54) is 11.8 Å². The first kappa shape index (κ1) is 24.6. The number of hydrogen-bond donors (Lipinski definition) is 2. The van der Waals surface area contributed by atoms with E-state index < -0.39 is 29.8 Å². The number of alkyl halides is 2. The van der Waals surface area contributed by atoms with E-state index in [0.29, 0.717) is 11.8 Å². The third-order valence-corrected chi connectivity index (χ3v) is 10.4. The summed E-state index contributed by atoms with van der Waals surface area (Å²) in [7, 11) is 3.88. The highest BCUT2D eigenvalue weighted by Crippen LogP contribution is 2.67. The van der Waals surface area contributed by atoms with Crippen LogP contribution in [0.15, 0.2) is 59.8 Å². The highest BCUT2D eigenvalue weighted by molar-refractivity contribution is 5.89. The second kappa shape index (κ2) is 8.04. The number of aliphatic hydroxyl groups is 2. The van der Waals surface area contributed by atoms with Gasteiger partial charge in [-0.25, -0.2) is 8.78 Å². The van der Waals surface area contributed by atoms with Gasteiger partial charge in [0.1, 0.15) is 11.8 Å². The molecule has 1 saturated heterocycles. The molecule has 0 unspecified atom stereocenters. The van der Waals surface area contributed by atoms with Gasteiger partial charge in [-0.2, -0.15) is 0 Å². The molecule has 2 bridgehead atoms. The summed E-state index contributed by atoms with van der Waals surface area (Å²) in [6.45, 7) is 2.29. The predicted molar refractivity (Wildman–Crippen MR) is 142 cm³/mol. The van der Waals surface area contributed by atoms with Gasteiger partial charge in [-0.1, -0.05) is 37.3 Å². The highest BCUT2D eigenvalue weighted by Gasteiger charge is 2.67. The second-order valence-electron chi connectivity index (χ2n) is 12.4. The van der Waals surface area contributed by atoms with Gasteiger partial charge < -0.3 is 19.8 Å². The maximum absolute atomic E-state index is 13.8. The van der Waals surface area contributed by atoms with Crippen LogP contribution in [0.25, 0.3) is 16.3 Å². The number of aromatic nitrogens is 1. The molecule has 2 spiro atoms. The molecule has 5 nitrogen and oxygen atoms in total. The molecule has 2 fully saturated rings. The number of benzene rings is 1. The molecule has 2 aromatic rings. The molecule has 1 aromatic heterocycles. The minimum Gasteiger partial charge on any atom is -0.388 e. The van der Waals surface area contributed by atoms with Crippen molar-refractivity contribution in [2.45, 2.75) is 74.9 Å². The average molecular weight is 521 g/mol.